The van der Waals surface area contributed by atoms with Crippen molar-refractivity contribution in [1.29, 1.82) is 0 Å². The van der Waals surface area contributed by atoms with E-state index in [4.69, 9.17) is 14.2 Å². The molecule has 2 aromatic rings. The summed E-state index contributed by atoms with van der Waals surface area (Å²) in [6.45, 7) is 7.17. The van der Waals surface area contributed by atoms with Gasteiger partial charge >= 0.3 is 0 Å². The summed E-state index contributed by atoms with van der Waals surface area (Å²) in [5.74, 6) is 1.94. The van der Waals surface area contributed by atoms with Crippen molar-refractivity contribution >= 4 is 0 Å². The molecule has 0 atom stereocenters. The molecule has 0 aliphatic heterocycles. The third-order valence-electron chi connectivity index (χ3n) is 4.43. The van der Waals surface area contributed by atoms with Crippen molar-refractivity contribution in [2.75, 3.05) is 26.4 Å². The Kier molecular flexibility index (Phi) is 10.4. The zero-order valence-corrected chi connectivity index (χ0v) is 16.9. The van der Waals surface area contributed by atoms with E-state index in [1.165, 1.54) is 11.1 Å². The molecule has 3 nitrogen and oxygen atoms in total. The highest BCUT2D eigenvalue weighted by molar-refractivity contribution is 5.29. The second kappa shape index (κ2) is 13.2. The Morgan fingerprint density at radius 1 is 0.630 bits per heavy atom. The average molecular weight is 371 g/mol. The minimum Gasteiger partial charge on any atom is -0.494 e. The van der Waals surface area contributed by atoms with E-state index in [0.29, 0.717) is 0 Å². The normalized spacial score (nSPS) is 10.7. The lowest BCUT2D eigenvalue weighted by atomic mass is 10.1. The predicted octanol–water partition coefficient (Wildman–Crippen LogP) is 5.85. The molecule has 0 heterocycles. The van der Waals surface area contributed by atoms with Crippen LogP contribution in [0.2, 0.25) is 0 Å². The lowest BCUT2D eigenvalue weighted by molar-refractivity contribution is 0.127. The summed E-state index contributed by atoms with van der Waals surface area (Å²) < 4.78 is 16.9. The Morgan fingerprint density at radius 3 is 1.56 bits per heavy atom. The number of benzene rings is 2. The van der Waals surface area contributed by atoms with Gasteiger partial charge in [-0.15, -0.1) is 0 Å². The van der Waals surface area contributed by atoms with E-state index in [-0.39, 0.29) is 0 Å². The van der Waals surface area contributed by atoms with Crippen LogP contribution < -0.4 is 9.47 Å². The maximum Gasteiger partial charge on any atom is 0.119 e. The van der Waals surface area contributed by atoms with Gasteiger partial charge in [-0.1, -0.05) is 24.3 Å². The first-order chi connectivity index (χ1) is 13.3. The monoisotopic (exact) mass is 370 g/mol. The molecule has 0 N–H and O–H groups in total. The molecule has 0 radical (unpaired) electrons. The molecule has 0 unspecified atom stereocenters. The molecule has 0 aromatic heterocycles. The van der Waals surface area contributed by atoms with Crippen molar-refractivity contribution in [3.63, 3.8) is 0 Å². The van der Waals surface area contributed by atoms with E-state index >= 15 is 0 Å². The number of ether oxygens (including phenoxy) is 3. The molecule has 3 heteroatoms. The fourth-order valence-electron chi connectivity index (χ4n) is 3.08. The minimum atomic E-state index is 0.718. The summed E-state index contributed by atoms with van der Waals surface area (Å²) in [6, 6.07) is 16.8. The maximum atomic E-state index is 5.78. The second-order valence-corrected chi connectivity index (χ2v) is 6.69. The summed E-state index contributed by atoms with van der Waals surface area (Å²) in [6.07, 6.45) is 6.69. The van der Waals surface area contributed by atoms with Crippen molar-refractivity contribution in [3.8, 4) is 11.5 Å². The van der Waals surface area contributed by atoms with Crippen LogP contribution >= 0.6 is 0 Å². The molecule has 2 rings (SSSR count). The van der Waals surface area contributed by atoms with Gasteiger partial charge in [0, 0.05) is 13.2 Å². The molecular weight excluding hydrogens is 336 g/mol. The molecule has 27 heavy (non-hydrogen) atoms. The number of hydrogen-bond acceptors (Lipinski definition) is 3. The van der Waals surface area contributed by atoms with Crippen molar-refractivity contribution in [1.82, 2.24) is 0 Å². The van der Waals surface area contributed by atoms with Crippen molar-refractivity contribution < 1.29 is 14.2 Å². The van der Waals surface area contributed by atoms with E-state index < -0.39 is 0 Å². The SMILES string of the molecule is CCOc1cccc(CCCCOCCCCc2cccc(OCC)c2)c1. The largest absolute Gasteiger partial charge is 0.494 e. The van der Waals surface area contributed by atoms with E-state index in [1.807, 2.05) is 26.0 Å². The van der Waals surface area contributed by atoms with Crippen LogP contribution in [0.5, 0.6) is 11.5 Å². The fourth-order valence-corrected chi connectivity index (χ4v) is 3.08. The molecule has 0 saturated carbocycles. The van der Waals surface area contributed by atoms with Crippen LogP contribution in [0.4, 0.5) is 0 Å². The summed E-state index contributed by atoms with van der Waals surface area (Å²) in [7, 11) is 0. The van der Waals surface area contributed by atoms with Gasteiger partial charge in [0.1, 0.15) is 11.5 Å². The molecular formula is C24H34O3. The highest BCUT2D eigenvalue weighted by Crippen LogP contribution is 2.16. The predicted molar refractivity (Wildman–Crippen MR) is 112 cm³/mol. The maximum absolute atomic E-state index is 5.78. The van der Waals surface area contributed by atoms with Crippen LogP contribution in [0.25, 0.3) is 0 Å². The highest BCUT2D eigenvalue weighted by atomic mass is 16.5. The van der Waals surface area contributed by atoms with Gasteiger partial charge in [-0.05, 0) is 87.8 Å². The molecule has 0 fully saturated rings. The number of aryl methyl sites for hydroxylation is 2. The third-order valence-corrected chi connectivity index (χ3v) is 4.43. The summed E-state index contributed by atoms with van der Waals surface area (Å²) >= 11 is 0. The number of hydrogen-bond donors (Lipinski definition) is 0. The van der Waals surface area contributed by atoms with Gasteiger partial charge in [0.15, 0.2) is 0 Å². The van der Waals surface area contributed by atoms with E-state index in [9.17, 15) is 0 Å². The quantitative estimate of drug-likeness (QED) is 0.391. The molecule has 0 aliphatic carbocycles. The lowest BCUT2D eigenvalue weighted by Crippen LogP contribution is -1.99. The van der Waals surface area contributed by atoms with Crippen molar-refractivity contribution in [2.45, 2.75) is 52.4 Å². The smallest absolute Gasteiger partial charge is 0.119 e. The molecule has 148 valence electrons. The minimum absolute atomic E-state index is 0.718. The van der Waals surface area contributed by atoms with Crippen molar-refractivity contribution in [2.24, 2.45) is 0 Å². The first-order valence-corrected chi connectivity index (χ1v) is 10.3. The first kappa shape index (κ1) is 21.3. The number of rotatable bonds is 14. The Balaban J connectivity index is 1.49. The summed E-state index contributed by atoms with van der Waals surface area (Å²) in [5.41, 5.74) is 2.69. The lowest BCUT2D eigenvalue weighted by Gasteiger charge is -2.07. The van der Waals surface area contributed by atoms with Gasteiger partial charge in [-0.25, -0.2) is 0 Å². The zero-order valence-electron chi connectivity index (χ0n) is 16.9. The van der Waals surface area contributed by atoms with Crippen LogP contribution in [0.1, 0.15) is 50.7 Å². The molecule has 0 amide bonds. The zero-order chi connectivity index (χ0) is 19.2. The molecule has 0 bridgehead atoms. The van der Waals surface area contributed by atoms with Gasteiger partial charge in [0.2, 0.25) is 0 Å². The van der Waals surface area contributed by atoms with Crippen LogP contribution in [-0.4, -0.2) is 26.4 Å². The van der Waals surface area contributed by atoms with Gasteiger partial charge in [0.25, 0.3) is 0 Å². The van der Waals surface area contributed by atoms with Crippen LogP contribution in [0.15, 0.2) is 48.5 Å². The fraction of sp³-hybridized carbons (Fsp3) is 0.500. The van der Waals surface area contributed by atoms with Gasteiger partial charge in [0.05, 0.1) is 13.2 Å². The third kappa shape index (κ3) is 8.96. The molecule has 0 aliphatic rings. The van der Waals surface area contributed by atoms with E-state index in [0.717, 1.165) is 76.5 Å². The Hall–Kier alpha value is -2.00. The van der Waals surface area contributed by atoms with Gasteiger partial charge < -0.3 is 14.2 Å². The Labute approximate surface area is 164 Å². The van der Waals surface area contributed by atoms with Crippen molar-refractivity contribution in [3.05, 3.63) is 59.7 Å². The van der Waals surface area contributed by atoms with E-state index in [1.54, 1.807) is 0 Å². The summed E-state index contributed by atoms with van der Waals surface area (Å²) in [4.78, 5) is 0. The highest BCUT2D eigenvalue weighted by Gasteiger charge is 1.99. The van der Waals surface area contributed by atoms with Crippen LogP contribution in [-0.2, 0) is 17.6 Å². The Morgan fingerprint density at radius 2 is 1.11 bits per heavy atom. The second-order valence-electron chi connectivity index (χ2n) is 6.69. The molecule has 0 saturated heterocycles. The number of unbranched alkanes of at least 4 members (excludes halogenated alkanes) is 2. The van der Waals surface area contributed by atoms with Gasteiger partial charge in [-0.3, -0.25) is 0 Å². The van der Waals surface area contributed by atoms with E-state index in [2.05, 4.69) is 36.4 Å². The average Bonchev–Trinajstić information content (AvgIpc) is 2.68. The topological polar surface area (TPSA) is 27.7 Å². The molecule has 0 spiro atoms. The summed E-state index contributed by atoms with van der Waals surface area (Å²) in [5, 5.41) is 0. The first-order valence-electron chi connectivity index (χ1n) is 10.3. The van der Waals surface area contributed by atoms with Gasteiger partial charge in [-0.2, -0.15) is 0 Å². The molecule has 2 aromatic carbocycles. The Bertz CT molecular complexity index is 584. The van der Waals surface area contributed by atoms with Crippen LogP contribution in [0, 0.1) is 0 Å². The standard InChI is InChI=1S/C24H34O3/c1-3-26-23-15-9-13-21(19-23)11-5-7-17-25-18-8-6-12-22-14-10-16-24(20-22)27-4-2/h9-10,13-16,19-20H,3-8,11-12,17-18H2,1-2H3. The van der Waals surface area contributed by atoms with Crippen LogP contribution in [0.3, 0.4) is 0 Å².